The van der Waals surface area contributed by atoms with Crippen LogP contribution in [0.1, 0.15) is 38.7 Å². The van der Waals surface area contributed by atoms with Gasteiger partial charge >= 0.3 is 0 Å². The summed E-state index contributed by atoms with van der Waals surface area (Å²) in [5.41, 5.74) is 1.15. The molecule has 21 heavy (non-hydrogen) atoms. The SMILES string of the molecule is CCCNC(Cc1cccnc1)C1(OCC)CCOCC1. The summed E-state index contributed by atoms with van der Waals surface area (Å²) in [6.07, 6.45) is 7.78. The third-order valence-electron chi connectivity index (χ3n) is 4.21. The molecule has 1 N–H and O–H groups in total. The normalized spacial score (nSPS) is 19.3. The number of ether oxygens (including phenoxy) is 2. The average Bonchev–Trinajstić information content (AvgIpc) is 2.53. The first kappa shape index (κ1) is 16.4. The van der Waals surface area contributed by atoms with E-state index in [-0.39, 0.29) is 5.60 Å². The van der Waals surface area contributed by atoms with Gasteiger partial charge in [0.05, 0.1) is 5.60 Å². The van der Waals surface area contributed by atoms with E-state index in [2.05, 4.69) is 30.2 Å². The Morgan fingerprint density at radius 3 is 2.81 bits per heavy atom. The smallest absolute Gasteiger partial charge is 0.0881 e. The van der Waals surface area contributed by atoms with Crippen molar-refractivity contribution in [3.63, 3.8) is 0 Å². The molecule has 0 spiro atoms. The molecule has 1 aliphatic rings. The lowest BCUT2D eigenvalue weighted by molar-refractivity contribution is -0.126. The predicted molar refractivity (Wildman–Crippen MR) is 84.4 cm³/mol. The highest BCUT2D eigenvalue weighted by Crippen LogP contribution is 2.31. The Morgan fingerprint density at radius 1 is 1.38 bits per heavy atom. The van der Waals surface area contributed by atoms with Gasteiger partial charge < -0.3 is 14.8 Å². The highest BCUT2D eigenvalue weighted by molar-refractivity contribution is 5.13. The maximum Gasteiger partial charge on any atom is 0.0881 e. The van der Waals surface area contributed by atoms with Crippen molar-refractivity contribution >= 4 is 0 Å². The van der Waals surface area contributed by atoms with Crippen molar-refractivity contribution in [3.8, 4) is 0 Å². The summed E-state index contributed by atoms with van der Waals surface area (Å²) < 4.78 is 11.8. The van der Waals surface area contributed by atoms with Gasteiger partial charge in [-0.1, -0.05) is 13.0 Å². The lowest BCUT2D eigenvalue weighted by atomic mass is 9.82. The maximum atomic E-state index is 6.24. The van der Waals surface area contributed by atoms with E-state index >= 15 is 0 Å². The fraction of sp³-hybridized carbons (Fsp3) is 0.706. The molecule has 0 aromatic carbocycles. The Morgan fingerprint density at radius 2 is 2.19 bits per heavy atom. The molecular weight excluding hydrogens is 264 g/mol. The second-order valence-electron chi connectivity index (χ2n) is 5.68. The van der Waals surface area contributed by atoms with Gasteiger partial charge in [0.25, 0.3) is 0 Å². The molecular formula is C17H28N2O2. The molecule has 0 bridgehead atoms. The molecule has 4 heteroatoms. The molecule has 2 rings (SSSR count). The first-order valence-corrected chi connectivity index (χ1v) is 8.14. The Balaban J connectivity index is 2.15. The molecule has 1 aromatic rings. The van der Waals surface area contributed by atoms with Crippen LogP contribution < -0.4 is 5.32 Å². The second kappa shape index (κ2) is 8.47. The summed E-state index contributed by atoms with van der Waals surface area (Å²) in [6.45, 7) is 7.62. The van der Waals surface area contributed by atoms with Crippen LogP contribution in [-0.2, 0) is 15.9 Å². The standard InChI is InChI=1S/C17H28N2O2/c1-3-9-19-16(13-15-6-5-10-18-14-15)17(21-4-2)7-11-20-12-8-17/h5-6,10,14,16,19H,3-4,7-9,11-13H2,1-2H3. The average molecular weight is 292 g/mol. The van der Waals surface area contributed by atoms with E-state index in [1.54, 1.807) is 0 Å². The molecule has 1 aliphatic heterocycles. The van der Waals surface area contributed by atoms with Crippen LogP contribution >= 0.6 is 0 Å². The molecule has 1 saturated heterocycles. The van der Waals surface area contributed by atoms with Crippen LogP contribution in [0.25, 0.3) is 0 Å². The van der Waals surface area contributed by atoms with Crippen LogP contribution in [0.2, 0.25) is 0 Å². The molecule has 1 fully saturated rings. The fourth-order valence-electron chi connectivity index (χ4n) is 3.12. The van der Waals surface area contributed by atoms with Gasteiger partial charge in [-0.25, -0.2) is 0 Å². The van der Waals surface area contributed by atoms with Crippen molar-refractivity contribution in [1.82, 2.24) is 10.3 Å². The summed E-state index contributed by atoms with van der Waals surface area (Å²) in [4.78, 5) is 4.24. The molecule has 2 heterocycles. The largest absolute Gasteiger partial charge is 0.381 e. The van der Waals surface area contributed by atoms with Gasteiger partial charge in [-0.15, -0.1) is 0 Å². The first-order chi connectivity index (χ1) is 10.3. The van der Waals surface area contributed by atoms with E-state index in [9.17, 15) is 0 Å². The van der Waals surface area contributed by atoms with Crippen molar-refractivity contribution in [2.24, 2.45) is 0 Å². The van der Waals surface area contributed by atoms with Crippen molar-refractivity contribution in [1.29, 1.82) is 0 Å². The number of nitrogens with zero attached hydrogens (tertiary/aromatic N) is 1. The second-order valence-corrected chi connectivity index (χ2v) is 5.68. The van der Waals surface area contributed by atoms with Gasteiger partial charge in [-0.05, 0) is 37.9 Å². The summed E-state index contributed by atoms with van der Waals surface area (Å²) in [5, 5.41) is 3.70. The van der Waals surface area contributed by atoms with E-state index in [0.717, 1.165) is 52.0 Å². The monoisotopic (exact) mass is 292 g/mol. The number of rotatable bonds is 8. The van der Waals surface area contributed by atoms with E-state index in [1.807, 2.05) is 18.5 Å². The van der Waals surface area contributed by atoms with Gasteiger partial charge in [0.2, 0.25) is 0 Å². The van der Waals surface area contributed by atoms with Crippen LogP contribution in [0.5, 0.6) is 0 Å². The lowest BCUT2D eigenvalue weighted by Crippen LogP contribution is -2.56. The fourth-order valence-corrected chi connectivity index (χ4v) is 3.12. The zero-order chi connectivity index (χ0) is 15.0. The molecule has 0 radical (unpaired) electrons. The van der Waals surface area contributed by atoms with Crippen molar-refractivity contribution < 1.29 is 9.47 Å². The van der Waals surface area contributed by atoms with Crippen molar-refractivity contribution in [2.75, 3.05) is 26.4 Å². The Labute approximate surface area is 128 Å². The van der Waals surface area contributed by atoms with E-state index in [0.29, 0.717) is 6.04 Å². The molecule has 1 atom stereocenters. The zero-order valence-corrected chi connectivity index (χ0v) is 13.3. The summed E-state index contributed by atoms with van der Waals surface area (Å²) in [7, 11) is 0. The van der Waals surface area contributed by atoms with Gasteiger partial charge in [0.15, 0.2) is 0 Å². The lowest BCUT2D eigenvalue weighted by Gasteiger charge is -2.43. The molecule has 1 unspecified atom stereocenters. The Bertz CT molecular complexity index is 386. The Kier molecular flexibility index (Phi) is 6.61. The molecule has 0 aliphatic carbocycles. The number of hydrogen-bond donors (Lipinski definition) is 1. The van der Waals surface area contributed by atoms with Gasteiger partial charge in [0.1, 0.15) is 0 Å². The minimum absolute atomic E-state index is 0.113. The minimum atomic E-state index is -0.113. The minimum Gasteiger partial charge on any atom is -0.381 e. The number of aromatic nitrogens is 1. The van der Waals surface area contributed by atoms with Crippen LogP contribution in [0.15, 0.2) is 24.5 Å². The van der Waals surface area contributed by atoms with Crippen molar-refractivity contribution in [3.05, 3.63) is 30.1 Å². The number of pyridine rings is 1. The summed E-state index contributed by atoms with van der Waals surface area (Å²) in [6, 6.07) is 4.46. The quantitative estimate of drug-likeness (QED) is 0.800. The third-order valence-corrected chi connectivity index (χ3v) is 4.21. The summed E-state index contributed by atoms with van der Waals surface area (Å²) in [5.74, 6) is 0. The molecule has 0 saturated carbocycles. The van der Waals surface area contributed by atoms with Crippen LogP contribution in [-0.4, -0.2) is 43.0 Å². The van der Waals surface area contributed by atoms with Gasteiger partial charge in [-0.2, -0.15) is 0 Å². The van der Waals surface area contributed by atoms with E-state index < -0.39 is 0 Å². The number of hydrogen-bond acceptors (Lipinski definition) is 4. The van der Waals surface area contributed by atoms with Gasteiger partial charge in [0, 0.05) is 51.1 Å². The third kappa shape index (κ3) is 4.50. The van der Waals surface area contributed by atoms with Crippen LogP contribution in [0.3, 0.4) is 0 Å². The number of nitrogens with one attached hydrogen (secondary N) is 1. The van der Waals surface area contributed by atoms with E-state index in [1.165, 1.54) is 5.56 Å². The highest BCUT2D eigenvalue weighted by atomic mass is 16.5. The molecule has 0 amide bonds. The van der Waals surface area contributed by atoms with E-state index in [4.69, 9.17) is 9.47 Å². The highest BCUT2D eigenvalue weighted by Gasteiger charge is 2.40. The van der Waals surface area contributed by atoms with Gasteiger partial charge in [-0.3, -0.25) is 4.98 Å². The zero-order valence-electron chi connectivity index (χ0n) is 13.3. The van der Waals surface area contributed by atoms with Crippen LogP contribution in [0.4, 0.5) is 0 Å². The maximum absolute atomic E-state index is 6.24. The summed E-state index contributed by atoms with van der Waals surface area (Å²) >= 11 is 0. The molecule has 1 aromatic heterocycles. The molecule has 4 nitrogen and oxygen atoms in total. The topological polar surface area (TPSA) is 43.4 Å². The Hall–Kier alpha value is -0.970. The predicted octanol–water partition coefficient (Wildman–Crippen LogP) is 2.58. The van der Waals surface area contributed by atoms with Crippen molar-refractivity contribution in [2.45, 2.75) is 51.2 Å². The van der Waals surface area contributed by atoms with Crippen LogP contribution in [0, 0.1) is 0 Å². The molecule has 118 valence electrons. The first-order valence-electron chi connectivity index (χ1n) is 8.14.